The van der Waals surface area contributed by atoms with Crippen LogP contribution in [0.15, 0.2) is 24.5 Å². The Morgan fingerprint density at radius 3 is 2.83 bits per heavy atom. The molecular weight excluding hydrogens is 332 g/mol. The lowest BCUT2D eigenvalue weighted by Gasteiger charge is -2.38. The second-order valence-corrected chi connectivity index (χ2v) is 6.98. The van der Waals surface area contributed by atoms with Gasteiger partial charge in [0.1, 0.15) is 35.5 Å². The number of hydrogen-bond donors (Lipinski definition) is 1. The maximum atomic E-state index is 14.1. The quantitative estimate of drug-likeness (QED) is 0.807. The highest BCUT2D eigenvalue weighted by Crippen LogP contribution is 2.36. The molecule has 1 aromatic heterocycles. The number of aliphatic hydroxyl groups is 1. The van der Waals surface area contributed by atoms with Gasteiger partial charge in [-0.25, -0.2) is 18.4 Å². The molecule has 1 aliphatic rings. The second kappa shape index (κ2) is 5.32. The van der Waals surface area contributed by atoms with Gasteiger partial charge in [0.2, 0.25) is 0 Å². The van der Waals surface area contributed by atoms with Crippen molar-refractivity contribution in [1.82, 2.24) is 14.8 Å². The van der Waals surface area contributed by atoms with Crippen LogP contribution in [-0.4, -0.2) is 40.6 Å². The molecule has 0 aliphatic carbocycles. The van der Waals surface area contributed by atoms with E-state index in [0.29, 0.717) is 11.9 Å². The van der Waals surface area contributed by atoms with Crippen LogP contribution >= 0.6 is 0 Å². The molecule has 1 aromatic carbocycles. The van der Waals surface area contributed by atoms with Crippen LogP contribution in [-0.2, 0) is 32.9 Å². The second-order valence-electron chi connectivity index (χ2n) is 5.38. The van der Waals surface area contributed by atoms with Gasteiger partial charge >= 0.3 is 0 Å². The van der Waals surface area contributed by atoms with Gasteiger partial charge in [-0.15, -0.1) is 0 Å². The number of aromatic nitrogens is 3. The molecule has 0 amide bonds. The third-order valence-electron chi connectivity index (χ3n) is 3.68. The third kappa shape index (κ3) is 2.96. The lowest BCUT2D eigenvalue weighted by atomic mass is 9.84. The van der Waals surface area contributed by atoms with Crippen LogP contribution in [0.5, 0.6) is 0 Å². The Morgan fingerprint density at radius 1 is 1.43 bits per heavy atom. The summed E-state index contributed by atoms with van der Waals surface area (Å²) in [6.07, 6.45) is 0.655. The summed E-state index contributed by atoms with van der Waals surface area (Å²) in [7, 11) is -3.92. The van der Waals surface area contributed by atoms with Crippen LogP contribution in [0.1, 0.15) is 11.4 Å². The van der Waals surface area contributed by atoms with Gasteiger partial charge in [-0.3, -0.25) is 4.18 Å². The highest BCUT2D eigenvalue weighted by Gasteiger charge is 2.48. The van der Waals surface area contributed by atoms with E-state index in [2.05, 4.69) is 10.1 Å². The standard InChI is InChI=1S/C13H13F2N3O4S/c1-23(20,21)22-11-5-12-16-7-17-18(12)6-13(11,19)9-3-2-8(14)4-10(9)15/h2-4,7,11,19H,5-6H2,1H3. The van der Waals surface area contributed by atoms with Gasteiger partial charge < -0.3 is 5.11 Å². The van der Waals surface area contributed by atoms with Crippen LogP contribution in [0.25, 0.3) is 0 Å². The predicted octanol–water partition coefficient (Wildman–Crippen LogP) is 0.345. The molecule has 1 aliphatic heterocycles. The Morgan fingerprint density at radius 2 is 2.17 bits per heavy atom. The van der Waals surface area contributed by atoms with Crippen LogP contribution in [0.2, 0.25) is 0 Å². The van der Waals surface area contributed by atoms with E-state index in [9.17, 15) is 22.3 Å². The van der Waals surface area contributed by atoms with Crippen molar-refractivity contribution >= 4 is 10.1 Å². The zero-order chi connectivity index (χ0) is 16.8. The maximum absolute atomic E-state index is 14.1. The zero-order valence-electron chi connectivity index (χ0n) is 12.0. The van der Waals surface area contributed by atoms with Crippen LogP contribution in [0, 0.1) is 11.6 Å². The molecule has 23 heavy (non-hydrogen) atoms. The molecule has 0 saturated heterocycles. The average molecular weight is 345 g/mol. The molecule has 2 atom stereocenters. The van der Waals surface area contributed by atoms with Crippen LogP contribution in [0.3, 0.4) is 0 Å². The first-order valence-electron chi connectivity index (χ1n) is 6.62. The van der Waals surface area contributed by atoms with Crippen molar-refractivity contribution in [3.63, 3.8) is 0 Å². The summed E-state index contributed by atoms with van der Waals surface area (Å²) >= 11 is 0. The van der Waals surface area contributed by atoms with Crippen molar-refractivity contribution < 1.29 is 26.5 Å². The number of benzene rings is 1. The van der Waals surface area contributed by atoms with E-state index >= 15 is 0 Å². The maximum Gasteiger partial charge on any atom is 0.264 e. The third-order valence-corrected chi connectivity index (χ3v) is 4.26. The van der Waals surface area contributed by atoms with Crippen molar-refractivity contribution in [1.29, 1.82) is 0 Å². The molecule has 10 heteroatoms. The van der Waals surface area contributed by atoms with Crippen molar-refractivity contribution in [2.75, 3.05) is 6.26 Å². The van der Waals surface area contributed by atoms with E-state index in [-0.39, 0.29) is 18.5 Å². The van der Waals surface area contributed by atoms with Crippen molar-refractivity contribution in [3.8, 4) is 0 Å². The van der Waals surface area contributed by atoms with Crippen LogP contribution in [0.4, 0.5) is 8.78 Å². The van der Waals surface area contributed by atoms with E-state index in [1.165, 1.54) is 11.0 Å². The topological polar surface area (TPSA) is 94.3 Å². The highest BCUT2D eigenvalue weighted by molar-refractivity contribution is 7.86. The molecule has 1 N–H and O–H groups in total. The molecule has 2 aromatic rings. The molecule has 2 heterocycles. The van der Waals surface area contributed by atoms with Gasteiger partial charge in [-0.05, 0) is 6.07 Å². The summed E-state index contributed by atoms with van der Waals surface area (Å²) < 4.78 is 56.5. The van der Waals surface area contributed by atoms with Gasteiger partial charge in [0.25, 0.3) is 10.1 Å². The molecule has 0 spiro atoms. The minimum absolute atomic E-state index is 0.0968. The average Bonchev–Trinajstić information content (AvgIpc) is 2.83. The lowest BCUT2D eigenvalue weighted by Crippen LogP contribution is -2.51. The van der Waals surface area contributed by atoms with E-state index in [0.717, 1.165) is 18.4 Å². The van der Waals surface area contributed by atoms with Crippen molar-refractivity contribution in [3.05, 3.63) is 47.5 Å². The molecule has 0 fully saturated rings. The molecule has 0 bridgehead atoms. The smallest absolute Gasteiger partial charge is 0.264 e. The normalized spacial score (nSPS) is 24.4. The fraction of sp³-hybridized carbons (Fsp3) is 0.385. The molecule has 0 radical (unpaired) electrons. The summed E-state index contributed by atoms with van der Waals surface area (Å²) in [6.45, 7) is -0.273. The largest absolute Gasteiger partial charge is 0.380 e. The Labute approximate surface area is 130 Å². The van der Waals surface area contributed by atoms with Gasteiger partial charge in [0.05, 0.1) is 12.8 Å². The first kappa shape index (κ1) is 16.0. The van der Waals surface area contributed by atoms with Crippen molar-refractivity contribution in [2.45, 2.75) is 24.7 Å². The van der Waals surface area contributed by atoms with Gasteiger partial charge in [0.15, 0.2) is 0 Å². The monoisotopic (exact) mass is 345 g/mol. The molecule has 2 unspecified atom stereocenters. The molecule has 3 rings (SSSR count). The fourth-order valence-corrected chi connectivity index (χ4v) is 3.32. The zero-order valence-corrected chi connectivity index (χ0v) is 12.8. The first-order valence-corrected chi connectivity index (χ1v) is 8.43. The predicted molar refractivity (Wildman–Crippen MR) is 73.7 cm³/mol. The number of halogens is 2. The van der Waals surface area contributed by atoms with Gasteiger partial charge in [-0.2, -0.15) is 13.5 Å². The SMILES string of the molecule is CS(=O)(=O)OC1Cc2ncnn2CC1(O)c1ccc(F)cc1F. The molecule has 0 saturated carbocycles. The highest BCUT2D eigenvalue weighted by atomic mass is 32.2. The number of rotatable bonds is 3. The van der Waals surface area contributed by atoms with Gasteiger partial charge in [0, 0.05) is 18.1 Å². The van der Waals surface area contributed by atoms with E-state index in [1.807, 2.05) is 0 Å². The number of fused-ring (bicyclic) bond motifs is 1. The number of hydrogen-bond acceptors (Lipinski definition) is 6. The molecule has 124 valence electrons. The molecular formula is C13H13F2N3O4S. The Bertz CT molecular complexity index is 855. The first-order chi connectivity index (χ1) is 10.7. The minimum Gasteiger partial charge on any atom is -0.380 e. The Kier molecular flexibility index (Phi) is 3.69. The van der Waals surface area contributed by atoms with Crippen molar-refractivity contribution in [2.24, 2.45) is 0 Å². The lowest BCUT2D eigenvalue weighted by molar-refractivity contribution is -0.0933. The summed E-state index contributed by atoms with van der Waals surface area (Å²) in [5.74, 6) is -1.42. The Balaban J connectivity index is 2.11. The summed E-state index contributed by atoms with van der Waals surface area (Å²) in [5, 5.41) is 14.9. The minimum atomic E-state index is -3.92. The van der Waals surface area contributed by atoms with Crippen LogP contribution < -0.4 is 0 Å². The summed E-state index contributed by atoms with van der Waals surface area (Å²) in [4.78, 5) is 3.94. The summed E-state index contributed by atoms with van der Waals surface area (Å²) in [6, 6.07) is 2.65. The van der Waals surface area contributed by atoms with Gasteiger partial charge in [-0.1, -0.05) is 6.07 Å². The Hall–Kier alpha value is -1.91. The molecule has 7 nitrogen and oxygen atoms in total. The fourth-order valence-electron chi connectivity index (χ4n) is 2.67. The van der Waals surface area contributed by atoms with E-state index in [1.54, 1.807) is 0 Å². The number of nitrogens with zero attached hydrogens (tertiary/aromatic N) is 3. The van der Waals surface area contributed by atoms with E-state index in [4.69, 9.17) is 4.18 Å². The summed E-state index contributed by atoms with van der Waals surface area (Å²) in [5.41, 5.74) is -2.31. The van der Waals surface area contributed by atoms with E-state index < -0.39 is 33.5 Å².